The van der Waals surface area contributed by atoms with Crippen LogP contribution in [0.2, 0.25) is 0 Å². The number of likely N-dealkylation sites (N-methyl/N-ethyl adjacent to an activating group) is 1. The predicted molar refractivity (Wildman–Crippen MR) is 185 cm³/mol. The Labute approximate surface area is 256 Å². The third kappa shape index (κ3) is 7.27. The van der Waals surface area contributed by atoms with E-state index in [9.17, 15) is 0 Å². The standard InChI is InChI=1S/C40H52N2/c1-27(2)37(26-40(8,9)10)36-20-14-17-33(23-30(36)5)41(11)38-24-32(7)39(25-31(38)6)42(34-18-12-15-28(3)21-34)35-19-13-16-29(4)22-35/h12-13,15-25,27,37H,14,26H2,1-11H3. The van der Waals surface area contributed by atoms with E-state index in [1.807, 2.05) is 0 Å². The van der Waals surface area contributed by atoms with E-state index in [-0.39, 0.29) is 0 Å². The van der Waals surface area contributed by atoms with Gasteiger partial charge in [0.05, 0.1) is 0 Å². The van der Waals surface area contributed by atoms with Gasteiger partial charge in [0.25, 0.3) is 0 Å². The monoisotopic (exact) mass is 560 g/mol. The lowest BCUT2D eigenvalue weighted by molar-refractivity contribution is 0.274. The number of hydrogen-bond donors (Lipinski definition) is 0. The van der Waals surface area contributed by atoms with Crippen LogP contribution >= 0.6 is 0 Å². The minimum atomic E-state index is 0.302. The van der Waals surface area contributed by atoms with Crippen molar-refractivity contribution in [1.29, 1.82) is 0 Å². The summed E-state index contributed by atoms with van der Waals surface area (Å²) in [4.78, 5) is 4.78. The fraction of sp³-hybridized carbons (Fsp3) is 0.400. The zero-order chi connectivity index (χ0) is 30.8. The Bertz CT molecular complexity index is 1460. The van der Waals surface area contributed by atoms with E-state index >= 15 is 0 Å². The number of hydrogen-bond acceptors (Lipinski definition) is 2. The molecule has 2 nitrogen and oxygen atoms in total. The molecule has 0 heterocycles. The smallest absolute Gasteiger partial charge is 0.0494 e. The highest BCUT2D eigenvalue weighted by molar-refractivity contribution is 5.81. The molecule has 222 valence electrons. The van der Waals surface area contributed by atoms with Crippen molar-refractivity contribution in [2.75, 3.05) is 16.8 Å². The van der Waals surface area contributed by atoms with Crippen LogP contribution in [0.4, 0.5) is 22.7 Å². The van der Waals surface area contributed by atoms with Crippen LogP contribution in [0, 0.1) is 44.9 Å². The molecule has 2 heteroatoms. The summed E-state index contributed by atoms with van der Waals surface area (Å²) in [5, 5.41) is 0. The molecule has 0 fully saturated rings. The van der Waals surface area contributed by atoms with Crippen LogP contribution in [0.3, 0.4) is 0 Å². The Morgan fingerprint density at radius 2 is 1.29 bits per heavy atom. The molecule has 1 aliphatic rings. The summed E-state index contributed by atoms with van der Waals surface area (Å²) < 4.78 is 0. The SMILES string of the molecule is CC1=CC(N(C)c2cc(C)c(N(c3cccc(C)c3)c3cccc(C)c3)cc2C)=CCC=C1C(CC(C)(C)C)C(C)C. The third-order valence-electron chi connectivity index (χ3n) is 8.54. The normalized spacial score (nSPS) is 14.6. The summed E-state index contributed by atoms with van der Waals surface area (Å²) >= 11 is 0. The highest BCUT2D eigenvalue weighted by atomic mass is 15.2. The second-order valence-electron chi connectivity index (χ2n) is 14.0. The summed E-state index contributed by atoms with van der Waals surface area (Å²) in [6.07, 6.45) is 9.43. The van der Waals surface area contributed by atoms with Gasteiger partial charge < -0.3 is 9.80 Å². The number of allylic oxidation sites excluding steroid dienone is 5. The van der Waals surface area contributed by atoms with E-state index in [0.717, 1.165) is 6.42 Å². The number of aryl methyl sites for hydroxylation is 4. The van der Waals surface area contributed by atoms with E-state index in [2.05, 4.69) is 165 Å². The van der Waals surface area contributed by atoms with Gasteiger partial charge in [-0.2, -0.15) is 0 Å². The molecule has 0 saturated heterocycles. The van der Waals surface area contributed by atoms with Gasteiger partial charge in [0.1, 0.15) is 0 Å². The van der Waals surface area contributed by atoms with Crippen LogP contribution in [-0.4, -0.2) is 7.05 Å². The van der Waals surface area contributed by atoms with Gasteiger partial charge in [0, 0.05) is 35.5 Å². The quantitative estimate of drug-likeness (QED) is 0.270. The molecular weight excluding hydrogens is 508 g/mol. The van der Waals surface area contributed by atoms with E-state index in [1.165, 1.54) is 68.3 Å². The number of rotatable bonds is 8. The first-order valence-electron chi connectivity index (χ1n) is 15.6. The minimum Gasteiger partial charge on any atom is -0.345 e. The van der Waals surface area contributed by atoms with Crippen LogP contribution < -0.4 is 9.80 Å². The molecule has 1 atom stereocenters. The first kappa shape index (κ1) is 31.4. The molecule has 0 bridgehead atoms. The van der Waals surface area contributed by atoms with E-state index in [0.29, 0.717) is 17.3 Å². The van der Waals surface area contributed by atoms with Crippen LogP contribution in [0.25, 0.3) is 0 Å². The van der Waals surface area contributed by atoms with Crippen molar-refractivity contribution in [1.82, 2.24) is 0 Å². The van der Waals surface area contributed by atoms with E-state index < -0.39 is 0 Å². The molecule has 0 radical (unpaired) electrons. The van der Waals surface area contributed by atoms with Gasteiger partial charge in [0.2, 0.25) is 0 Å². The van der Waals surface area contributed by atoms with Gasteiger partial charge in [0.15, 0.2) is 0 Å². The largest absolute Gasteiger partial charge is 0.345 e. The predicted octanol–water partition coefficient (Wildman–Crippen LogP) is 11.7. The molecule has 0 saturated carbocycles. The van der Waals surface area contributed by atoms with Crippen molar-refractivity contribution in [3.8, 4) is 0 Å². The Kier molecular flexibility index (Phi) is 9.56. The van der Waals surface area contributed by atoms with Crippen LogP contribution in [0.1, 0.15) is 76.6 Å². The Hall–Kier alpha value is -3.52. The van der Waals surface area contributed by atoms with Crippen molar-refractivity contribution in [2.45, 2.75) is 82.1 Å². The highest BCUT2D eigenvalue weighted by Crippen LogP contribution is 2.41. The van der Waals surface area contributed by atoms with E-state index in [1.54, 1.807) is 0 Å². The molecule has 4 rings (SSSR count). The average Bonchev–Trinajstić information content (AvgIpc) is 3.09. The summed E-state index contributed by atoms with van der Waals surface area (Å²) in [7, 11) is 2.22. The summed E-state index contributed by atoms with van der Waals surface area (Å²) in [6.45, 7) is 23.0. The van der Waals surface area contributed by atoms with Crippen molar-refractivity contribution >= 4 is 22.7 Å². The molecule has 0 aliphatic heterocycles. The maximum absolute atomic E-state index is 2.48. The Morgan fingerprint density at radius 3 is 1.81 bits per heavy atom. The summed E-state index contributed by atoms with van der Waals surface area (Å²) in [5.41, 5.74) is 14.3. The van der Waals surface area contributed by atoms with Gasteiger partial charge >= 0.3 is 0 Å². The van der Waals surface area contributed by atoms with Gasteiger partial charge in [-0.1, -0.05) is 71.0 Å². The molecular formula is C40H52N2. The maximum Gasteiger partial charge on any atom is 0.0494 e. The fourth-order valence-corrected chi connectivity index (χ4v) is 6.36. The van der Waals surface area contributed by atoms with Crippen LogP contribution in [0.15, 0.2) is 95.7 Å². The molecule has 1 unspecified atom stereocenters. The molecule has 42 heavy (non-hydrogen) atoms. The zero-order valence-corrected chi connectivity index (χ0v) is 28.0. The first-order valence-corrected chi connectivity index (χ1v) is 15.6. The lowest BCUT2D eigenvalue weighted by Crippen LogP contribution is -2.21. The minimum absolute atomic E-state index is 0.302. The average molecular weight is 561 g/mol. The van der Waals surface area contributed by atoms with Crippen LogP contribution in [-0.2, 0) is 0 Å². The molecule has 0 amide bonds. The van der Waals surface area contributed by atoms with Gasteiger partial charge in [-0.25, -0.2) is 0 Å². The number of anilines is 4. The molecule has 0 aromatic heterocycles. The van der Waals surface area contributed by atoms with Crippen molar-refractivity contribution in [2.24, 2.45) is 17.3 Å². The van der Waals surface area contributed by atoms with Crippen LogP contribution in [0.5, 0.6) is 0 Å². The second kappa shape index (κ2) is 12.8. The molecule has 0 spiro atoms. The van der Waals surface area contributed by atoms with Gasteiger partial charge in [-0.15, -0.1) is 0 Å². The van der Waals surface area contributed by atoms with E-state index in [4.69, 9.17) is 0 Å². The van der Waals surface area contributed by atoms with Gasteiger partial charge in [-0.05, 0) is 141 Å². The maximum atomic E-state index is 2.48. The topological polar surface area (TPSA) is 6.48 Å². The Morgan fingerprint density at radius 1 is 0.738 bits per heavy atom. The van der Waals surface area contributed by atoms with Crippen molar-refractivity contribution < 1.29 is 0 Å². The number of benzene rings is 3. The van der Waals surface area contributed by atoms with Crippen molar-refractivity contribution in [3.63, 3.8) is 0 Å². The molecule has 1 aliphatic carbocycles. The lowest BCUT2D eigenvalue weighted by Gasteiger charge is -2.32. The Balaban J connectivity index is 1.71. The first-order chi connectivity index (χ1) is 19.7. The molecule has 3 aromatic carbocycles. The third-order valence-corrected chi connectivity index (χ3v) is 8.54. The molecule has 0 N–H and O–H groups in total. The highest BCUT2D eigenvalue weighted by Gasteiger charge is 2.26. The summed E-state index contributed by atoms with van der Waals surface area (Å²) in [5.74, 6) is 1.18. The fourth-order valence-electron chi connectivity index (χ4n) is 6.36. The number of nitrogens with zero attached hydrogens (tertiary/aromatic N) is 2. The molecule has 3 aromatic rings. The second-order valence-corrected chi connectivity index (χ2v) is 14.0. The lowest BCUT2D eigenvalue weighted by atomic mass is 9.74. The van der Waals surface area contributed by atoms with Crippen molar-refractivity contribution in [3.05, 3.63) is 118 Å². The van der Waals surface area contributed by atoms with Gasteiger partial charge in [-0.3, -0.25) is 0 Å². The zero-order valence-electron chi connectivity index (χ0n) is 28.0. The summed E-state index contributed by atoms with van der Waals surface area (Å²) in [6, 6.07) is 22.3.